The van der Waals surface area contributed by atoms with Gasteiger partial charge in [0.1, 0.15) is 11.1 Å². The van der Waals surface area contributed by atoms with Gasteiger partial charge in [-0.3, -0.25) is 9.35 Å². The molecule has 9 heteroatoms. The molecule has 0 radical (unpaired) electrons. The zero-order valence-electron chi connectivity index (χ0n) is 13.8. The van der Waals surface area contributed by atoms with Gasteiger partial charge in [-0.2, -0.15) is 8.42 Å². The summed E-state index contributed by atoms with van der Waals surface area (Å²) in [5, 5.41) is -0.0785. The van der Waals surface area contributed by atoms with E-state index in [0.29, 0.717) is 5.56 Å². The molecule has 0 saturated heterocycles. The SMILES string of the molecule is COc1c(-c2ccccc2)oc2c(OS(=O)(=O)O)ccc(OC)c2c1=O. The minimum atomic E-state index is -4.83. The molecular weight excluding hydrogens is 364 g/mol. The zero-order chi connectivity index (χ0) is 18.9. The second-order valence-electron chi connectivity index (χ2n) is 5.14. The first-order chi connectivity index (χ1) is 12.4. The average molecular weight is 378 g/mol. The summed E-state index contributed by atoms with van der Waals surface area (Å²) in [6.07, 6.45) is 0. The predicted molar refractivity (Wildman–Crippen MR) is 93.2 cm³/mol. The summed E-state index contributed by atoms with van der Waals surface area (Å²) in [5.41, 5.74) is -0.249. The van der Waals surface area contributed by atoms with Crippen molar-refractivity contribution in [1.82, 2.24) is 0 Å². The van der Waals surface area contributed by atoms with Crippen LogP contribution in [0, 0.1) is 0 Å². The van der Waals surface area contributed by atoms with E-state index in [2.05, 4.69) is 4.18 Å². The molecule has 0 spiro atoms. The number of fused-ring (bicyclic) bond motifs is 1. The van der Waals surface area contributed by atoms with Crippen molar-refractivity contribution < 1.29 is 31.0 Å². The van der Waals surface area contributed by atoms with Crippen LogP contribution in [-0.2, 0) is 10.4 Å². The van der Waals surface area contributed by atoms with Gasteiger partial charge >= 0.3 is 10.4 Å². The third kappa shape index (κ3) is 3.22. The number of hydrogen-bond acceptors (Lipinski definition) is 7. The molecule has 26 heavy (non-hydrogen) atoms. The van der Waals surface area contributed by atoms with Gasteiger partial charge < -0.3 is 18.1 Å². The largest absolute Gasteiger partial charge is 0.496 e. The summed E-state index contributed by atoms with van der Waals surface area (Å²) in [5.74, 6) is -0.223. The minimum Gasteiger partial charge on any atom is -0.496 e. The Labute approximate surface area is 148 Å². The lowest BCUT2D eigenvalue weighted by Gasteiger charge is -2.13. The summed E-state index contributed by atoms with van der Waals surface area (Å²) < 4.78 is 51.9. The van der Waals surface area contributed by atoms with Crippen molar-refractivity contribution in [2.24, 2.45) is 0 Å². The van der Waals surface area contributed by atoms with Crippen LogP contribution in [0.25, 0.3) is 22.3 Å². The van der Waals surface area contributed by atoms with Crippen molar-refractivity contribution in [1.29, 1.82) is 0 Å². The van der Waals surface area contributed by atoms with Crippen molar-refractivity contribution >= 4 is 21.4 Å². The Kier molecular flexibility index (Phi) is 4.58. The molecule has 136 valence electrons. The lowest BCUT2D eigenvalue weighted by molar-refractivity contribution is 0.380. The fourth-order valence-electron chi connectivity index (χ4n) is 2.54. The molecule has 0 amide bonds. The molecule has 1 aromatic heterocycles. The lowest BCUT2D eigenvalue weighted by Crippen LogP contribution is -2.11. The number of methoxy groups -OCH3 is 2. The van der Waals surface area contributed by atoms with Gasteiger partial charge in [-0.1, -0.05) is 30.3 Å². The maximum absolute atomic E-state index is 12.9. The minimum absolute atomic E-state index is 0.0778. The molecule has 1 N–H and O–H groups in total. The van der Waals surface area contributed by atoms with Gasteiger partial charge in [0.15, 0.2) is 17.1 Å². The van der Waals surface area contributed by atoms with Gasteiger partial charge in [-0.25, -0.2) is 0 Å². The van der Waals surface area contributed by atoms with Gasteiger partial charge in [0.2, 0.25) is 11.2 Å². The first kappa shape index (κ1) is 17.8. The molecule has 0 aliphatic heterocycles. The van der Waals surface area contributed by atoms with Crippen molar-refractivity contribution in [3.63, 3.8) is 0 Å². The molecule has 0 aliphatic carbocycles. The highest BCUT2D eigenvalue weighted by Gasteiger charge is 2.23. The standard InChI is InChI=1S/C17H14O8S/c1-22-11-8-9-12(25-26(19,20)21)16-13(11)14(18)17(23-2)15(24-16)10-6-4-3-5-7-10/h3-9H,1-2H3,(H,19,20,21). The van der Waals surface area contributed by atoms with E-state index in [-0.39, 0.29) is 34.0 Å². The van der Waals surface area contributed by atoms with Crippen molar-refractivity contribution in [3.05, 3.63) is 52.7 Å². The Morgan fingerprint density at radius 2 is 1.62 bits per heavy atom. The number of hydrogen-bond donors (Lipinski definition) is 1. The molecule has 0 unspecified atom stereocenters. The fraction of sp³-hybridized carbons (Fsp3) is 0.118. The molecule has 0 saturated carbocycles. The van der Waals surface area contributed by atoms with E-state index >= 15 is 0 Å². The average Bonchev–Trinajstić information content (AvgIpc) is 2.61. The summed E-state index contributed by atoms with van der Waals surface area (Å²) >= 11 is 0. The van der Waals surface area contributed by atoms with Gasteiger partial charge in [-0.05, 0) is 12.1 Å². The number of benzene rings is 2. The molecule has 0 atom stereocenters. The molecule has 0 fully saturated rings. The zero-order valence-corrected chi connectivity index (χ0v) is 14.6. The molecule has 0 bridgehead atoms. The monoisotopic (exact) mass is 378 g/mol. The Bertz CT molecular complexity index is 1120. The quantitative estimate of drug-likeness (QED) is 0.674. The second-order valence-corrected chi connectivity index (χ2v) is 6.16. The molecule has 0 aliphatic rings. The highest BCUT2D eigenvalue weighted by molar-refractivity contribution is 7.81. The summed E-state index contributed by atoms with van der Waals surface area (Å²) in [6.45, 7) is 0. The van der Waals surface area contributed by atoms with Crippen LogP contribution >= 0.6 is 0 Å². The summed E-state index contributed by atoms with van der Waals surface area (Å²) in [7, 11) is -2.17. The Hall–Kier alpha value is -3.04. The van der Waals surface area contributed by atoms with Gasteiger partial charge in [0.05, 0.1) is 14.2 Å². The van der Waals surface area contributed by atoms with E-state index in [0.717, 1.165) is 0 Å². The summed E-state index contributed by atoms with van der Waals surface area (Å²) in [4.78, 5) is 12.9. The normalized spacial score (nSPS) is 11.3. The van der Waals surface area contributed by atoms with Crippen LogP contribution in [0.3, 0.4) is 0 Å². The van der Waals surface area contributed by atoms with Crippen LogP contribution in [0.5, 0.6) is 17.2 Å². The first-order valence-electron chi connectivity index (χ1n) is 7.30. The second kappa shape index (κ2) is 6.70. The fourth-order valence-corrected chi connectivity index (χ4v) is 2.90. The number of rotatable bonds is 5. The van der Waals surface area contributed by atoms with Gasteiger partial charge in [0, 0.05) is 5.56 Å². The van der Waals surface area contributed by atoms with Crippen LogP contribution < -0.4 is 19.1 Å². The number of ether oxygens (including phenoxy) is 2. The maximum atomic E-state index is 12.9. The van der Waals surface area contributed by atoms with E-state index in [4.69, 9.17) is 18.4 Å². The van der Waals surface area contributed by atoms with Crippen LogP contribution in [-0.4, -0.2) is 27.2 Å². The predicted octanol–water partition coefficient (Wildman–Crippen LogP) is 2.66. The summed E-state index contributed by atoms with van der Waals surface area (Å²) in [6, 6.07) is 11.2. The van der Waals surface area contributed by atoms with E-state index in [9.17, 15) is 13.2 Å². The van der Waals surface area contributed by atoms with E-state index in [1.165, 1.54) is 26.4 Å². The van der Waals surface area contributed by atoms with Crippen LogP contribution in [0.4, 0.5) is 0 Å². The van der Waals surface area contributed by atoms with Crippen LogP contribution in [0.1, 0.15) is 0 Å². The third-order valence-corrected chi connectivity index (χ3v) is 3.97. The Balaban J connectivity index is 2.44. The highest BCUT2D eigenvalue weighted by atomic mass is 32.3. The lowest BCUT2D eigenvalue weighted by atomic mass is 10.1. The Morgan fingerprint density at radius 1 is 0.962 bits per heavy atom. The van der Waals surface area contributed by atoms with Crippen LogP contribution in [0.15, 0.2) is 51.7 Å². The van der Waals surface area contributed by atoms with Gasteiger partial charge in [-0.15, -0.1) is 0 Å². The van der Waals surface area contributed by atoms with E-state index in [1.807, 2.05) is 0 Å². The first-order valence-corrected chi connectivity index (χ1v) is 8.66. The Morgan fingerprint density at radius 3 is 2.19 bits per heavy atom. The molecular formula is C17H14O8S. The molecule has 8 nitrogen and oxygen atoms in total. The smallest absolute Gasteiger partial charge is 0.446 e. The molecule has 2 aromatic carbocycles. The maximum Gasteiger partial charge on any atom is 0.446 e. The topological polar surface area (TPSA) is 112 Å². The van der Waals surface area contributed by atoms with E-state index < -0.39 is 15.8 Å². The van der Waals surface area contributed by atoms with Crippen molar-refractivity contribution in [3.8, 4) is 28.6 Å². The van der Waals surface area contributed by atoms with E-state index in [1.54, 1.807) is 30.3 Å². The van der Waals surface area contributed by atoms with Crippen molar-refractivity contribution in [2.45, 2.75) is 0 Å². The molecule has 1 heterocycles. The van der Waals surface area contributed by atoms with Crippen LogP contribution in [0.2, 0.25) is 0 Å². The highest BCUT2D eigenvalue weighted by Crippen LogP contribution is 2.38. The molecule has 3 aromatic rings. The van der Waals surface area contributed by atoms with Gasteiger partial charge in [0.25, 0.3) is 0 Å². The third-order valence-electron chi connectivity index (χ3n) is 3.58. The van der Waals surface area contributed by atoms with Crippen molar-refractivity contribution in [2.75, 3.05) is 14.2 Å². The molecule has 3 rings (SSSR count).